The van der Waals surface area contributed by atoms with E-state index in [4.69, 9.17) is 9.15 Å². The van der Waals surface area contributed by atoms with E-state index in [1.54, 1.807) is 6.07 Å². The molecule has 0 N–H and O–H groups in total. The van der Waals surface area contributed by atoms with Crippen LogP contribution in [0.4, 0.5) is 0 Å². The molecule has 1 saturated carbocycles. The topological polar surface area (TPSA) is 39.4 Å². The van der Waals surface area contributed by atoms with Crippen LogP contribution in [0.15, 0.2) is 34.7 Å². The van der Waals surface area contributed by atoms with E-state index in [-0.39, 0.29) is 12.4 Å². The molecule has 1 fully saturated rings. The van der Waals surface area contributed by atoms with Gasteiger partial charge in [-0.2, -0.15) is 0 Å². The second kappa shape index (κ2) is 5.57. The van der Waals surface area contributed by atoms with Crippen LogP contribution in [0.5, 0.6) is 0 Å². The van der Waals surface area contributed by atoms with Gasteiger partial charge in [-0.1, -0.05) is 31.0 Å². The molecule has 100 valence electrons. The van der Waals surface area contributed by atoms with Crippen molar-refractivity contribution >= 4 is 16.8 Å². The maximum absolute atomic E-state index is 12.0. The number of carbonyl (C=O) groups is 1. The fourth-order valence-electron chi connectivity index (χ4n) is 2.69. The number of para-hydroxylation sites is 1. The quantitative estimate of drug-likeness (QED) is 0.765. The highest BCUT2D eigenvalue weighted by atomic mass is 16.5. The Morgan fingerprint density at radius 1 is 1.26 bits per heavy atom. The van der Waals surface area contributed by atoms with E-state index in [1.165, 1.54) is 25.7 Å². The lowest BCUT2D eigenvalue weighted by molar-refractivity contribution is 0.0658. The van der Waals surface area contributed by atoms with Crippen LogP contribution in [0.2, 0.25) is 0 Å². The standard InChI is InChI=1S/C16H18O3/c17-14(11-18-10-12-5-1-2-6-12)16-9-13-7-3-4-8-15(13)19-16/h3-4,7-9,12H,1-2,5-6,10-11H2. The van der Waals surface area contributed by atoms with Gasteiger partial charge in [0.2, 0.25) is 5.78 Å². The van der Waals surface area contributed by atoms with Crippen molar-refractivity contribution in [2.45, 2.75) is 25.7 Å². The Morgan fingerprint density at radius 3 is 2.84 bits per heavy atom. The van der Waals surface area contributed by atoms with Crippen molar-refractivity contribution in [1.29, 1.82) is 0 Å². The number of hydrogen-bond acceptors (Lipinski definition) is 3. The lowest BCUT2D eigenvalue weighted by Crippen LogP contribution is -2.13. The van der Waals surface area contributed by atoms with Crippen molar-refractivity contribution in [3.63, 3.8) is 0 Å². The Morgan fingerprint density at radius 2 is 2.05 bits per heavy atom. The molecule has 0 aliphatic heterocycles. The first-order valence-electron chi connectivity index (χ1n) is 6.92. The van der Waals surface area contributed by atoms with Gasteiger partial charge in [-0.25, -0.2) is 0 Å². The van der Waals surface area contributed by atoms with Crippen LogP contribution in [-0.4, -0.2) is 19.0 Å². The Labute approximate surface area is 112 Å². The van der Waals surface area contributed by atoms with Crippen LogP contribution < -0.4 is 0 Å². The van der Waals surface area contributed by atoms with Gasteiger partial charge in [-0.15, -0.1) is 0 Å². The van der Waals surface area contributed by atoms with Gasteiger partial charge in [0.1, 0.15) is 12.2 Å². The minimum absolute atomic E-state index is 0.0748. The van der Waals surface area contributed by atoms with Gasteiger partial charge in [0.25, 0.3) is 0 Å². The molecule has 0 atom stereocenters. The van der Waals surface area contributed by atoms with Gasteiger partial charge in [0, 0.05) is 5.39 Å². The maximum atomic E-state index is 12.0. The van der Waals surface area contributed by atoms with E-state index in [1.807, 2.05) is 24.3 Å². The summed E-state index contributed by atoms with van der Waals surface area (Å²) < 4.78 is 11.0. The highest BCUT2D eigenvalue weighted by molar-refractivity contribution is 5.98. The highest BCUT2D eigenvalue weighted by Crippen LogP contribution is 2.25. The molecule has 0 spiro atoms. The van der Waals surface area contributed by atoms with Crippen LogP contribution >= 0.6 is 0 Å². The molecule has 3 rings (SSSR count). The maximum Gasteiger partial charge on any atom is 0.223 e. The van der Waals surface area contributed by atoms with Crippen molar-refractivity contribution in [1.82, 2.24) is 0 Å². The molecular formula is C16H18O3. The minimum Gasteiger partial charge on any atom is -0.453 e. The number of carbonyl (C=O) groups excluding carboxylic acids is 1. The predicted molar refractivity (Wildman–Crippen MR) is 73.3 cm³/mol. The summed E-state index contributed by atoms with van der Waals surface area (Å²) in [5.41, 5.74) is 0.752. The van der Waals surface area contributed by atoms with Gasteiger partial charge in [0.15, 0.2) is 5.76 Å². The number of benzene rings is 1. The number of furan rings is 1. The average molecular weight is 258 g/mol. The van der Waals surface area contributed by atoms with Crippen molar-refractivity contribution in [2.75, 3.05) is 13.2 Å². The molecule has 0 bridgehead atoms. The van der Waals surface area contributed by atoms with E-state index in [0.29, 0.717) is 18.3 Å². The molecule has 1 aliphatic rings. The molecule has 0 unspecified atom stereocenters. The summed E-state index contributed by atoms with van der Waals surface area (Å²) in [6, 6.07) is 9.43. The molecule has 1 aromatic carbocycles. The summed E-state index contributed by atoms with van der Waals surface area (Å²) in [5, 5.41) is 0.960. The van der Waals surface area contributed by atoms with Gasteiger partial charge >= 0.3 is 0 Å². The second-order valence-corrected chi connectivity index (χ2v) is 5.24. The number of ether oxygens (including phenoxy) is 1. The van der Waals surface area contributed by atoms with Crippen molar-refractivity contribution in [3.8, 4) is 0 Å². The summed E-state index contributed by atoms with van der Waals surface area (Å²) in [4.78, 5) is 12.0. The number of Topliss-reactive ketones (excluding diaryl/α,β-unsaturated/α-hetero) is 1. The fraction of sp³-hybridized carbons (Fsp3) is 0.438. The lowest BCUT2D eigenvalue weighted by Gasteiger charge is -2.08. The third-order valence-corrected chi connectivity index (χ3v) is 3.76. The monoisotopic (exact) mass is 258 g/mol. The third kappa shape index (κ3) is 2.87. The molecule has 1 heterocycles. The Hall–Kier alpha value is -1.61. The van der Waals surface area contributed by atoms with Gasteiger partial charge in [-0.05, 0) is 30.9 Å². The fourth-order valence-corrected chi connectivity index (χ4v) is 2.69. The number of fused-ring (bicyclic) bond motifs is 1. The Kier molecular flexibility index (Phi) is 3.65. The molecule has 2 aromatic rings. The highest BCUT2D eigenvalue weighted by Gasteiger charge is 2.17. The number of ketones is 1. The molecule has 19 heavy (non-hydrogen) atoms. The summed E-state index contributed by atoms with van der Waals surface area (Å²) in [6.07, 6.45) is 5.06. The predicted octanol–water partition coefficient (Wildman–Crippen LogP) is 3.82. The Balaban J connectivity index is 1.57. The summed E-state index contributed by atoms with van der Waals surface area (Å²) in [7, 11) is 0. The van der Waals surface area contributed by atoms with Gasteiger partial charge in [-0.3, -0.25) is 4.79 Å². The van der Waals surface area contributed by atoms with Crippen LogP contribution in [0, 0.1) is 5.92 Å². The molecule has 0 amide bonds. The molecular weight excluding hydrogens is 240 g/mol. The first kappa shape index (κ1) is 12.4. The van der Waals surface area contributed by atoms with Gasteiger partial charge < -0.3 is 9.15 Å². The van der Waals surface area contributed by atoms with E-state index >= 15 is 0 Å². The lowest BCUT2D eigenvalue weighted by atomic mass is 10.1. The Bertz CT molecular complexity index is 531. The summed E-state index contributed by atoms with van der Waals surface area (Å²) in [6.45, 7) is 0.822. The third-order valence-electron chi connectivity index (χ3n) is 3.76. The van der Waals surface area contributed by atoms with Crippen LogP contribution in [-0.2, 0) is 4.74 Å². The van der Waals surface area contributed by atoms with Crippen molar-refractivity contribution in [3.05, 3.63) is 36.1 Å². The zero-order chi connectivity index (χ0) is 13.1. The zero-order valence-corrected chi connectivity index (χ0v) is 10.9. The van der Waals surface area contributed by atoms with Crippen molar-refractivity contribution in [2.24, 2.45) is 5.92 Å². The summed E-state index contributed by atoms with van der Waals surface area (Å²) in [5.74, 6) is 0.963. The first-order valence-corrected chi connectivity index (χ1v) is 6.92. The van der Waals surface area contributed by atoms with E-state index in [2.05, 4.69) is 0 Å². The number of rotatable bonds is 5. The molecule has 3 heteroatoms. The molecule has 1 aromatic heterocycles. The number of hydrogen-bond donors (Lipinski definition) is 0. The average Bonchev–Trinajstić information content (AvgIpc) is 3.07. The SMILES string of the molecule is O=C(COCC1CCCC1)c1cc2ccccc2o1. The molecule has 0 radical (unpaired) electrons. The smallest absolute Gasteiger partial charge is 0.223 e. The molecule has 0 saturated heterocycles. The second-order valence-electron chi connectivity index (χ2n) is 5.24. The zero-order valence-electron chi connectivity index (χ0n) is 10.9. The normalized spacial score (nSPS) is 16.2. The van der Waals surface area contributed by atoms with Crippen LogP contribution in [0.3, 0.4) is 0 Å². The van der Waals surface area contributed by atoms with Crippen molar-refractivity contribution < 1.29 is 13.9 Å². The van der Waals surface area contributed by atoms with E-state index in [9.17, 15) is 4.79 Å². The van der Waals surface area contributed by atoms with Gasteiger partial charge in [0.05, 0.1) is 6.61 Å². The van der Waals surface area contributed by atoms with Crippen LogP contribution in [0.1, 0.15) is 36.2 Å². The van der Waals surface area contributed by atoms with Crippen LogP contribution in [0.25, 0.3) is 11.0 Å². The van der Waals surface area contributed by atoms with E-state index in [0.717, 1.165) is 11.0 Å². The molecule has 1 aliphatic carbocycles. The first-order chi connectivity index (χ1) is 9.33. The minimum atomic E-state index is -0.0748. The molecule has 3 nitrogen and oxygen atoms in total. The largest absolute Gasteiger partial charge is 0.453 e. The van der Waals surface area contributed by atoms with E-state index < -0.39 is 0 Å². The summed E-state index contributed by atoms with van der Waals surface area (Å²) >= 11 is 0.